The van der Waals surface area contributed by atoms with Crippen molar-refractivity contribution in [1.82, 2.24) is 4.90 Å². The molecule has 0 aliphatic carbocycles. The van der Waals surface area contributed by atoms with Crippen molar-refractivity contribution in [3.63, 3.8) is 0 Å². The first-order chi connectivity index (χ1) is 18.9. The fourth-order valence-corrected chi connectivity index (χ4v) is 4.84. The first kappa shape index (κ1) is 26.0. The van der Waals surface area contributed by atoms with E-state index in [4.69, 9.17) is 9.47 Å². The van der Waals surface area contributed by atoms with Crippen LogP contribution in [0.1, 0.15) is 33.9 Å². The van der Waals surface area contributed by atoms with Gasteiger partial charge in [-0.2, -0.15) is 0 Å². The highest BCUT2D eigenvalue weighted by atomic mass is 19.1. The highest BCUT2D eigenvalue weighted by molar-refractivity contribution is 5.88. The summed E-state index contributed by atoms with van der Waals surface area (Å²) in [5.41, 5.74) is 3.95. The molecule has 198 valence electrons. The predicted octanol–water partition coefficient (Wildman–Crippen LogP) is 5.87. The Bertz CT molecular complexity index is 1470. The number of carboxylic acid groups (broad SMARTS) is 1. The van der Waals surface area contributed by atoms with Gasteiger partial charge in [0.1, 0.15) is 18.4 Å². The number of benzene rings is 4. The SMILES string of the molecule is Cc1ccc2c(c1OCc1ccccc1)C[C@H](C(=O)O)N(C(=O)[C@H](Oc1ccccc1F)c1ccccc1)C2. The standard InChI is InChI=1S/C32H28FNO5/c1-21-16-17-24-19-34(27(32(36)37)18-25(24)29(21)38-20-22-10-4-2-5-11-22)31(35)30(23-12-6-3-7-13-23)39-28-15-9-8-14-26(28)33/h2-17,27,30H,18-20H2,1H3,(H,36,37)/t27-,30-/m1/s1. The molecule has 4 aromatic rings. The van der Waals surface area contributed by atoms with Gasteiger partial charge in [-0.15, -0.1) is 0 Å². The Balaban J connectivity index is 1.48. The summed E-state index contributed by atoms with van der Waals surface area (Å²) in [6.45, 7) is 2.31. The molecule has 0 unspecified atom stereocenters. The Morgan fingerprint density at radius 1 is 0.949 bits per heavy atom. The Morgan fingerprint density at radius 2 is 1.62 bits per heavy atom. The molecule has 1 N–H and O–H groups in total. The minimum atomic E-state index is -1.23. The zero-order valence-corrected chi connectivity index (χ0v) is 21.4. The van der Waals surface area contributed by atoms with Gasteiger partial charge in [-0.1, -0.05) is 84.9 Å². The summed E-state index contributed by atoms with van der Waals surface area (Å²) < 4.78 is 26.6. The van der Waals surface area contributed by atoms with E-state index in [1.807, 2.05) is 49.4 Å². The molecule has 1 aliphatic rings. The lowest BCUT2D eigenvalue weighted by Crippen LogP contribution is -2.51. The Hall–Kier alpha value is -4.65. The number of nitrogens with zero attached hydrogens (tertiary/aromatic N) is 1. The summed E-state index contributed by atoms with van der Waals surface area (Å²) in [7, 11) is 0. The number of para-hydroxylation sites is 1. The van der Waals surface area contributed by atoms with Crippen molar-refractivity contribution in [3.8, 4) is 11.5 Å². The van der Waals surface area contributed by atoms with Crippen LogP contribution in [0.4, 0.5) is 4.39 Å². The average molecular weight is 526 g/mol. The fourth-order valence-electron chi connectivity index (χ4n) is 4.84. The molecule has 1 amide bonds. The fraction of sp³-hybridized carbons (Fsp3) is 0.188. The smallest absolute Gasteiger partial charge is 0.326 e. The van der Waals surface area contributed by atoms with Crippen molar-refractivity contribution in [3.05, 3.63) is 131 Å². The normalized spacial score (nSPS) is 15.2. The van der Waals surface area contributed by atoms with Crippen LogP contribution in [0.3, 0.4) is 0 Å². The molecule has 0 fully saturated rings. The summed E-state index contributed by atoms with van der Waals surface area (Å²) in [5.74, 6) is -1.76. The van der Waals surface area contributed by atoms with Gasteiger partial charge in [0, 0.05) is 24.1 Å². The van der Waals surface area contributed by atoms with Crippen molar-refractivity contribution < 1.29 is 28.6 Å². The van der Waals surface area contributed by atoms with E-state index in [0.717, 1.165) is 22.3 Å². The molecule has 7 heteroatoms. The summed E-state index contributed by atoms with van der Waals surface area (Å²) in [6, 6.07) is 26.9. The largest absolute Gasteiger partial charge is 0.488 e. The summed E-state index contributed by atoms with van der Waals surface area (Å²) >= 11 is 0. The van der Waals surface area contributed by atoms with Crippen molar-refractivity contribution in [1.29, 1.82) is 0 Å². The maximum absolute atomic E-state index is 14.5. The Kier molecular flexibility index (Phi) is 7.59. The molecule has 0 saturated carbocycles. The third kappa shape index (κ3) is 5.62. The average Bonchev–Trinajstić information content (AvgIpc) is 2.96. The highest BCUT2D eigenvalue weighted by Gasteiger charge is 2.40. The van der Waals surface area contributed by atoms with E-state index in [2.05, 4.69) is 0 Å². The van der Waals surface area contributed by atoms with E-state index in [1.165, 1.54) is 23.1 Å². The second-order valence-corrected chi connectivity index (χ2v) is 9.49. The van der Waals surface area contributed by atoms with Crippen LogP contribution in [-0.2, 0) is 29.2 Å². The van der Waals surface area contributed by atoms with Crippen LogP contribution in [0.5, 0.6) is 11.5 Å². The number of ether oxygens (including phenoxy) is 2. The van der Waals surface area contributed by atoms with Gasteiger partial charge < -0.3 is 19.5 Å². The molecular weight excluding hydrogens is 497 g/mol. The second kappa shape index (κ2) is 11.4. The van der Waals surface area contributed by atoms with Gasteiger partial charge in [-0.3, -0.25) is 4.79 Å². The van der Waals surface area contributed by atoms with Crippen LogP contribution in [0.15, 0.2) is 97.1 Å². The molecule has 4 aromatic carbocycles. The number of carbonyl (C=O) groups excluding carboxylic acids is 1. The first-order valence-corrected chi connectivity index (χ1v) is 12.7. The maximum Gasteiger partial charge on any atom is 0.326 e. The molecular formula is C32H28FNO5. The monoisotopic (exact) mass is 525 g/mol. The molecule has 1 aliphatic heterocycles. The van der Waals surface area contributed by atoms with Gasteiger partial charge in [-0.05, 0) is 35.7 Å². The Labute approximate surface area is 226 Å². The minimum absolute atomic E-state index is 0.0527. The van der Waals surface area contributed by atoms with Gasteiger partial charge in [0.2, 0.25) is 6.10 Å². The number of aryl methyl sites for hydroxylation is 1. The lowest BCUT2D eigenvalue weighted by Gasteiger charge is -2.37. The molecule has 0 spiro atoms. The second-order valence-electron chi connectivity index (χ2n) is 9.49. The molecule has 1 heterocycles. The van der Waals surface area contributed by atoms with Gasteiger partial charge >= 0.3 is 5.97 Å². The number of fused-ring (bicyclic) bond motifs is 1. The summed E-state index contributed by atoms with van der Waals surface area (Å²) in [5, 5.41) is 10.2. The molecule has 39 heavy (non-hydrogen) atoms. The molecule has 6 nitrogen and oxygen atoms in total. The molecule has 5 rings (SSSR count). The number of aliphatic carboxylic acids is 1. The molecule has 2 atom stereocenters. The molecule has 0 bridgehead atoms. The minimum Gasteiger partial charge on any atom is -0.488 e. The van der Waals surface area contributed by atoms with E-state index in [9.17, 15) is 19.1 Å². The van der Waals surface area contributed by atoms with E-state index >= 15 is 0 Å². The quantitative estimate of drug-likeness (QED) is 0.311. The highest BCUT2D eigenvalue weighted by Crippen LogP contribution is 2.36. The predicted molar refractivity (Wildman–Crippen MR) is 144 cm³/mol. The van der Waals surface area contributed by atoms with Crippen LogP contribution in [0.2, 0.25) is 0 Å². The third-order valence-corrected chi connectivity index (χ3v) is 6.87. The number of halogens is 1. The topological polar surface area (TPSA) is 76.1 Å². The number of carboxylic acids is 1. The van der Waals surface area contributed by atoms with Gasteiger partial charge in [0.15, 0.2) is 11.6 Å². The van der Waals surface area contributed by atoms with Crippen LogP contribution in [0.25, 0.3) is 0 Å². The zero-order valence-electron chi connectivity index (χ0n) is 21.4. The van der Waals surface area contributed by atoms with Gasteiger partial charge in [0.05, 0.1) is 0 Å². The Morgan fingerprint density at radius 3 is 2.31 bits per heavy atom. The van der Waals surface area contributed by atoms with E-state index in [1.54, 1.807) is 36.4 Å². The van der Waals surface area contributed by atoms with Crippen LogP contribution >= 0.6 is 0 Å². The number of hydrogen-bond acceptors (Lipinski definition) is 4. The maximum atomic E-state index is 14.5. The van der Waals surface area contributed by atoms with Crippen molar-refractivity contribution in [2.45, 2.75) is 38.6 Å². The first-order valence-electron chi connectivity index (χ1n) is 12.7. The number of hydrogen-bond donors (Lipinski definition) is 1. The third-order valence-electron chi connectivity index (χ3n) is 6.87. The lowest BCUT2D eigenvalue weighted by molar-refractivity contribution is -0.155. The molecule has 0 radical (unpaired) electrons. The van der Waals surface area contributed by atoms with Gasteiger partial charge in [0.25, 0.3) is 5.91 Å². The summed E-state index contributed by atoms with van der Waals surface area (Å²) in [6.07, 6.45) is -1.16. The molecule has 0 aromatic heterocycles. The number of carbonyl (C=O) groups is 2. The lowest BCUT2D eigenvalue weighted by atomic mass is 9.90. The molecule has 0 saturated heterocycles. The van der Waals surface area contributed by atoms with Crippen LogP contribution in [-0.4, -0.2) is 27.9 Å². The van der Waals surface area contributed by atoms with Crippen LogP contribution < -0.4 is 9.47 Å². The van der Waals surface area contributed by atoms with Crippen LogP contribution in [0, 0.1) is 12.7 Å². The zero-order chi connectivity index (χ0) is 27.4. The number of rotatable bonds is 8. The van der Waals surface area contributed by atoms with Crippen molar-refractivity contribution >= 4 is 11.9 Å². The van der Waals surface area contributed by atoms with E-state index in [-0.39, 0.29) is 18.7 Å². The summed E-state index contributed by atoms with van der Waals surface area (Å²) in [4.78, 5) is 27.8. The van der Waals surface area contributed by atoms with Crippen molar-refractivity contribution in [2.24, 2.45) is 0 Å². The van der Waals surface area contributed by atoms with Gasteiger partial charge in [-0.25, -0.2) is 9.18 Å². The van der Waals surface area contributed by atoms with E-state index < -0.39 is 29.8 Å². The van der Waals surface area contributed by atoms with Crippen molar-refractivity contribution in [2.75, 3.05) is 0 Å². The number of amides is 1. The van der Waals surface area contributed by atoms with E-state index in [0.29, 0.717) is 17.9 Å².